The van der Waals surface area contributed by atoms with Crippen LogP contribution in [0.2, 0.25) is 0 Å². The molecular formula is C4H8O4P2. The number of carboxylic acid groups (broad SMARTS) is 2. The standard InChI is InChI=1S/C4H8O4P2/c5-3(6)1(9)2(10)4(7)8/h1-2H,9-10H2,(H,5,6)(H,7,8). The van der Waals surface area contributed by atoms with Gasteiger partial charge >= 0.3 is 11.9 Å². The van der Waals surface area contributed by atoms with Crippen molar-refractivity contribution in [1.82, 2.24) is 0 Å². The lowest BCUT2D eigenvalue weighted by molar-refractivity contribution is -0.142. The molecule has 0 rings (SSSR count). The van der Waals surface area contributed by atoms with Gasteiger partial charge in [0.15, 0.2) is 0 Å². The van der Waals surface area contributed by atoms with Crippen LogP contribution in [0.3, 0.4) is 0 Å². The summed E-state index contributed by atoms with van der Waals surface area (Å²) in [4.78, 5) is 20.3. The largest absolute Gasteiger partial charge is 0.481 e. The minimum atomic E-state index is -1.13. The maximum Gasteiger partial charge on any atom is 0.311 e. The fourth-order valence-electron chi connectivity index (χ4n) is 0.307. The van der Waals surface area contributed by atoms with Gasteiger partial charge in [0.2, 0.25) is 0 Å². The third kappa shape index (κ3) is 2.59. The first-order chi connectivity index (χ1) is 4.46. The Hall–Kier alpha value is -0.200. The van der Waals surface area contributed by atoms with Gasteiger partial charge in [0.1, 0.15) is 0 Å². The van der Waals surface area contributed by atoms with Crippen molar-refractivity contribution in [1.29, 1.82) is 0 Å². The molecule has 0 amide bonds. The zero-order valence-corrected chi connectivity index (χ0v) is 7.33. The van der Waals surface area contributed by atoms with E-state index in [1.54, 1.807) is 0 Å². The van der Waals surface area contributed by atoms with Crippen LogP contribution in [-0.4, -0.2) is 33.5 Å². The molecule has 4 atom stereocenters. The zero-order valence-electron chi connectivity index (χ0n) is 5.02. The predicted molar refractivity (Wildman–Crippen MR) is 42.3 cm³/mol. The van der Waals surface area contributed by atoms with Crippen LogP contribution in [0.1, 0.15) is 0 Å². The smallest absolute Gasteiger partial charge is 0.311 e. The Morgan fingerprint density at radius 1 is 1.00 bits per heavy atom. The lowest BCUT2D eigenvalue weighted by atomic mass is 10.3. The summed E-state index contributed by atoms with van der Waals surface area (Å²) in [5, 5.41) is 16.6. The van der Waals surface area contributed by atoms with Gasteiger partial charge in [-0.2, -0.15) is 0 Å². The molecule has 2 N–H and O–H groups in total. The molecule has 0 spiro atoms. The zero-order chi connectivity index (χ0) is 8.31. The highest BCUT2D eigenvalue weighted by molar-refractivity contribution is 7.25. The van der Waals surface area contributed by atoms with Gasteiger partial charge in [0.05, 0.1) is 11.3 Å². The molecule has 0 radical (unpaired) electrons. The molecule has 0 aromatic rings. The molecule has 0 fully saturated rings. The molecule has 0 aromatic heterocycles. The SMILES string of the molecule is O=C(O)C(P)C(P)C(=O)O. The molecule has 0 aliphatic rings. The Morgan fingerprint density at radius 2 is 1.20 bits per heavy atom. The highest BCUT2D eigenvalue weighted by atomic mass is 31.0. The average Bonchev–Trinajstić information content (AvgIpc) is 1.84. The molecular weight excluding hydrogens is 174 g/mol. The lowest BCUT2D eigenvalue weighted by Gasteiger charge is -2.09. The van der Waals surface area contributed by atoms with Crippen LogP contribution in [0.25, 0.3) is 0 Å². The van der Waals surface area contributed by atoms with Crippen molar-refractivity contribution in [3.05, 3.63) is 0 Å². The normalized spacial score (nSPS) is 15.8. The van der Waals surface area contributed by atoms with Gasteiger partial charge in [-0.25, -0.2) is 0 Å². The van der Waals surface area contributed by atoms with Crippen LogP contribution >= 0.6 is 18.5 Å². The number of hydrogen-bond acceptors (Lipinski definition) is 2. The second-order valence-corrected chi connectivity index (χ2v) is 3.16. The number of carbonyl (C=O) groups is 2. The Balaban J connectivity index is 4.07. The van der Waals surface area contributed by atoms with E-state index in [1.807, 2.05) is 18.5 Å². The first-order valence-corrected chi connectivity index (χ1v) is 3.77. The topological polar surface area (TPSA) is 74.6 Å². The van der Waals surface area contributed by atoms with Crippen LogP contribution in [0.4, 0.5) is 0 Å². The summed E-state index contributed by atoms with van der Waals surface area (Å²) < 4.78 is 0. The first-order valence-electron chi connectivity index (χ1n) is 2.43. The van der Waals surface area contributed by atoms with E-state index < -0.39 is 23.3 Å². The summed E-state index contributed by atoms with van der Waals surface area (Å²) in [6.45, 7) is 0. The molecule has 0 aromatic carbocycles. The highest BCUT2D eigenvalue weighted by Crippen LogP contribution is 2.14. The number of hydrogen-bond donors (Lipinski definition) is 2. The van der Waals surface area contributed by atoms with Gasteiger partial charge in [-0.05, 0) is 0 Å². The Labute approximate surface area is 62.4 Å². The first kappa shape index (κ1) is 9.80. The summed E-state index contributed by atoms with van der Waals surface area (Å²) in [7, 11) is 3.91. The minimum Gasteiger partial charge on any atom is -0.481 e. The molecule has 0 aliphatic heterocycles. The van der Waals surface area contributed by atoms with Crippen LogP contribution in [0.15, 0.2) is 0 Å². The van der Waals surface area contributed by atoms with Crippen LogP contribution in [0.5, 0.6) is 0 Å². The summed E-state index contributed by atoms with van der Waals surface area (Å²) in [5.41, 5.74) is -1.88. The van der Waals surface area contributed by atoms with Crippen molar-refractivity contribution in [2.75, 3.05) is 0 Å². The monoisotopic (exact) mass is 182 g/mol. The number of carboxylic acids is 2. The molecule has 58 valence electrons. The van der Waals surface area contributed by atoms with E-state index in [-0.39, 0.29) is 0 Å². The van der Waals surface area contributed by atoms with Crippen molar-refractivity contribution in [2.24, 2.45) is 0 Å². The second-order valence-electron chi connectivity index (χ2n) is 1.73. The van der Waals surface area contributed by atoms with Gasteiger partial charge < -0.3 is 10.2 Å². The van der Waals surface area contributed by atoms with Gasteiger partial charge in [0, 0.05) is 0 Å². The van der Waals surface area contributed by atoms with Gasteiger partial charge in [0.25, 0.3) is 0 Å². The maximum absolute atomic E-state index is 10.1. The third-order valence-electron chi connectivity index (χ3n) is 0.957. The summed E-state index contributed by atoms with van der Waals surface area (Å²) >= 11 is 0. The Bertz CT molecular complexity index is 139. The van der Waals surface area contributed by atoms with E-state index in [1.165, 1.54) is 0 Å². The molecule has 4 unspecified atom stereocenters. The molecule has 0 saturated heterocycles. The van der Waals surface area contributed by atoms with Crippen molar-refractivity contribution in [3.8, 4) is 0 Å². The average molecular weight is 182 g/mol. The highest BCUT2D eigenvalue weighted by Gasteiger charge is 2.25. The third-order valence-corrected chi connectivity index (χ3v) is 2.80. The van der Waals surface area contributed by atoms with Crippen molar-refractivity contribution in [2.45, 2.75) is 11.3 Å². The van der Waals surface area contributed by atoms with E-state index in [0.717, 1.165) is 0 Å². The number of rotatable bonds is 3. The molecule has 0 aliphatic carbocycles. The maximum atomic E-state index is 10.1. The molecule has 4 nitrogen and oxygen atoms in total. The fourth-order valence-corrected chi connectivity index (χ4v) is 0.636. The quantitative estimate of drug-likeness (QED) is 0.584. The van der Waals surface area contributed by atoms with E-state index in [4.69, 9.17) is 10.2 Å². The van der Waals surface area contributed by atoms with Crippen molar-refractivity contribution >= 4 is 30.4 Å². The van der Waals surface area contributed by atoms with E-state index >= 15 is 0 Å². The minimum absolute atomic E-state index is 0.942. The van der Waals surface area contributed by atoms with Gasteiger partial charge in [-0.1, -0.05) is 0 Å². The second kappa shape index (κ2) is 3.85. The lowest BCUT2D eigenvalue weighted by Crippen LogP contribution is -2.30. The van der Waals surface area contributed by atoms with Crippen molar-refractivity contribution in [3.63, 3.8) is 0 Å². The van der Waals surface area contributed by atoms with E-state index in [0.29, 0.717) is 0 Å². The van der Waals surface area contributed by atoms with Crippen LogP contribution in [0, 0.1) is 0 Å². The predicted octanol–water partition coefficient (Wildman–Crippen LogP) is -0.357. The number of aliphatic carboxylic acids is 2. The summed E-state index contributed by atoms with van der Waals surface area (Å²) in [6.07, 6.45) is 0. The van der Waals surface area contributed by atoms with E-state index in [2.05, 4.69) is 0 Å². The summed E-state index contributed by atoms with van der Waals surface area (Å²) in [5.74, 6) is -2.26. The molecule has 10 heavy (non-hydrogen) atoms. The Kier molecular flexibility index (Phi) is 3.77. The molecule has 0 bridgehead atoms. The molecule has 0 heterocycles. The van der Waals surface area contributed by atoms with Crippen LogP contribution < -0.4 is 0 Å². The van der Waals surface area contributed by atoms with Gasteiger partial charge in [-0.15, -0.1) is 18.5 Å². The van der Waals surface area contributed by atoms with Gasteiger partial charge in [-0.3, -0.25) is 9.59 Å². The summed E-state index contributed by atoms with van der Waals surface area (Å²) in [6, 6.07) is 0. The molecule has 0 saturated carbocycles. The molecule has 6 heteroatoms. The Morgan fingerprint density at radius 3 is 1.30 bits per heavy atom. The fraction of sp³-hybridized carbons (Fsp3) is 0.500. The van der Waals surface area contributed by atoms with Crippen LogP contribution in [-0.2, 0) is 9.59 Å². The van der Waals surface area contributed by atoms with Crippen molar-refractivity contribution < 1.29 is 19.8 Å². The van der Waals surface area contributed by atoms with E-state index in [9.17, 15) is 9.59 Å².